The van der Waals surface area contributed by atoms with Crippen LogP contribution < -0.4 is 0 Å². The summed E-state index contributed by atoms with van der Waals surface area (Å²) in [5.41, 5.74) is 2.21. The average Bonchev–Trinajstić information content (AvgIpc) is 2.94. The van der Waals surface area contributed by atoms with Crippen LogP contribution in [0.2, 0.25) is 5.02 Å². The maximum Gasteiger partial charge on any atom is 0.182 e. The van der Waals surface area contributed by atoms with Gasteiger partial charge in [0.25, 0.3) is 0 Å². The maximum absolute atomic E-state index is 13.2. The minimum atomic E-state index is -0.462. The van der Waals surface area contributed by atoms with E-state index in [1.54, 1.807) is 16.9 Å². The molecule has 4 rings (SSSR count). The van der Waals surface area contributed by atoms with Gasteiger partial charge in [0.05, 0.1) is 10.5 Å². The second-order valence-corrected chi connectivity index (χ2v) is 5.00. The molecule has 21 heavy (non-hydrogen) atoms. The zero-order valence-electron chi connectivity index (χ0n) is 10.7. The molecule has 0 amide bonds. The van der Waals surface area contributed by atoms with Crippen LogP contribution in [-0.2, 0) is 0 Å². The Kier molecular flexibility index (Phi) is 2.62. The van der Waals surface area contributed by atoms with E-state index in [4.69, 9.17) is 11.6 Å². The summed E-state index contributed by atoms with van der Waals surface area (Å²) in [5, 5.41) is 5.33. The van der Waals surface area contributed by atoms with Crippen molar-refractivity contribution in [1.29, 1.82) is 0 Å². The first-order valence-corrected chi connectivity index (χ1v) is 6.66. The van der Waals surface area contributed by atoms with Crippen LogP contribution in [0.1, 0.15) is 0 Å². The molecule has 2 aromatic heterocycles. The number of hydrogen-bond acceptors (Lipinski definition) is 3. The topological polar surface area (TPSA) is 43.1 Å². The second kappa shape index (κ2) is 4.49. The third-order valence-corrected chi connectivity index (χ3v) is 3.55. The standard InChI is InChI=1S/C15H8ClFN4/c16-11-7-9(5-6-12(11)17)14-19-15-10-3-1-2-4-13(10)18-8-21(15)20-14/h1-8H. The van der Waals surface area contributed by atoms with E-state index in [0.717, 1.165) is 10.9 Å². The molecule has 0 aliphatic carbocycles. The molecule has 0 aliphatic rings. The van der Waals surface area contributed by atoms with Gasteiger partial charge in [-0.1, -0.05) is 23.7 Å². The summed E-state index contributed by atoms with van der Waals surface area (Å²) < 4.78 is 14.8. The molecule has 0 unspecified atom stereocenters. The fourth-order valence-corrected chi connectivity index (χ4v) is 2.42. The van der Waals surface area contributed by atoms with Gasteiger partial charge in [-0.25, -0.2) is 18.9 Å². The highest BCUT2D eigenvalue weighted by Crippen LogP contribution is 2.24. The van der Waals surface area contributed by atoms with Gasteiger partial charge in [0, 0.05) is 10.9 Å². The number of benzene rings is 2. The van der Waals surface area contributed by atoms with Crippen molar-refractivity contribution in [3.8, 4) is 11.4 Å². The second-order valence-electron chi connectivity index (χ2n) is 4.59. The molecule has 0 atom stereocenters. The summed E-state index contributed by atoms with van der Waals surface area (Å²) in [4.78, 5) is 8.84. The van der Waals surface area contributed by atoms with Gasteiger partial charge in [0.2, 0.25) is 0 Å². The summed E-state index contributed by atoms with van der Waals surface area (Å²) >= 11 is 5.81. The highest BCUT2D eigenvalue weighted by Gasteiger charge is 2.11. The smallest absolute Gasteiger partial charge is 0.182 e. The van der Waals surface area contributed by atoms with Gasteiger partial charge in [0.15, 0.2) is 11.5 Å². The molecule has 2 aromatic carbocycles. The Balaban J connectivity index is 1.98. The van der Waals surface area contributed by atoms with Crippen molar-refractivity contribution in [3.63, 3.8) is 0 Å². The summed E-state index contributed by atoms with van der Waals surface area (Å²) in [6.45, 7) is 0. The first kappa shape index (κ1) is 12.2. The lowest BCUT2D eigenvalue weighted by Gasteiger charge is -1.96. The molecule has 2 heterocycles. The molecule has 0 spiro atoms. The molecule has 0 aliphatic heterocycles. The SMILES string of the molecule is Fc1ccc(-c2nc3c4ccccc4ncn3n2)cc1Cl. The summed E-state index contributed by atoms with van der Waals surface area (Å²) in [7, 11) is 0. The number of rotatable bonds is 1. The van der Waals surface area contributed by atoms with Crippen LogP contribution in [0, 0.1) is 5.82 Å². The summed E-state index contributed by atoms with van der Waals surface area (Å²) in [6.07, 6.45) is 1.61. The molecular formula is C15H8ClFN4. The molecule has 6 heteroatoms. The van der Waals surface area contributed by atoms with E-state index in [1.165, 1.54) is 12.1 Å². The maximum atomic E-state index is 13.2. The predicted molar refractivity (Wildman–Crippen MR) is 78.7 cm³/mol. The van der Waals surface area contributed by atoms with E-state index in [9.17, 15) is 4.39 Å². The van der Waals surface area contributed by atoms with E-state index in [-0.39, 0.29) is 5.02 Å². The Morgan fingerprint density at radius 2 is 1.95 bits per heavy atom. The zero-order chi connectivity index (χ0) is 14.4. The van der Waals surface area contributed by atoms with Crippen molar-refractivity contribution in [2.75, 3.05) is 0 Å². The van der Waals surface area contributed by atoms with Gasteiger partial charge in [-0.15, -0.1) is 5.10 Å². The lowest BCUT2D eigenvalue weighted by molar-refractivity contribution is 0.628. The van der Waals surface area contributed by atoms with Crippen LogP contribution >= 0.6 is 11.6 Å². The Bertz CT molecular complexity index is 980. The van der Waals surface area contributed by atoms with Crippen LogP contribution in [0.4, 0.5) is 4.39 Å². The van der Waals surface area contributed by atoms with Crippen molar-refractivity contribution in [3.05, 3.63) is 59.6 Å². The molecular weight excluding hydrogens is 291 g/mol. The fraction of sp³-hybridized carbons (Fsp3) is 0. The fourth-order valence-electron chi connectivity index (χ4n) is 2.24. The first-order valence-electron chi connectivity index (χ1n) is 6.28. The van der Waals surface area contributed by atoms with E-state index in [0.29, 0.717) is 17.0 Å². The monoisotopic (exact) mass is 298 g/mol. The highest BCUT2D eigenvalue weighted by atomic mass is 35.5. The number of fused-ring (bicyclic) bond motifs is 3. The van der Waals surface area contributed by atoms with Crippen LogP contribution in [0.15, 0.2) is 48.8 Å². The Labute approximate surface area is 123 Å². The van der Waals surface area contributed by atoms with Gasteiger partial charge in [0.1, 0.15) is 12.1 Å². The van der Waals surface area contributed by atoms with Crippen LogP contribution in [0.25, 0.3) is 27.9 Å². The normalized spacial score (nSPS) is 11.3. The number of halogens is 2. The number of nitrogens with zero attached hydrogens (tertiary/aromatic N) is 4. The molecule has 102 valence electrons. The van der Waals surface area contributed by atoms with Crippen molar-refractivity contribution in [1.82, 2.24) is 19.6 Å². The van der Waals surface area contributed by atoms with E-state index in [2.05, 4.69) is 15.1 Å². The van der Waals surface area contributed by atoms with Gasteiger partial charge >= 0.3 is 0 Å². The number of hydrogen-bond donors (Lipinski definition) is 0. The van der Waals surface area contributed by atoms with Crippen molar-refractivity contribution in [2.24, 2.45) is 0 Å². The van der Waals surface area contributed by atoms with Gasteiger partial charge in [-0.05, 0) is 30.3 Å². The van der Waals surface area contributed by atoms with E-state index < -0.39 is 5.82 Å². The molecule has 0 radical (unpaired) electrons. The Morgan fingerprint density at radius 1 is 1.10 bits per heavy atom. The van der Waals surface area contributed by atoms with E-state index >= 15 is 0 Å². The highest BCUT2D eigenvalue weighted by molar-refractivity contribution is 6.31. The third-order valence-electron chi connectivity index (χ3n) is 3.26. The van der Waals surface area contributed by atoms with Crippen LogP contribution in [-0.4, -0.2) is 19.6 Å². The third kappa shape index (κ3) is 1.94. The van der Waals surface area contributed by atoms with E-state index in [1.807, 2.05) is 24.3 Å². The van der Waals surface area contributed by atoms with Gasteiger partial charge < -0.3 is 0 Å². The predicted octanol–water partition coefficient (Wildman–Crippen LogP) is 3.74. The molecule has 4 aromatic rings. The first-order chi connectivity index (χ1) is 10.2. The van der Waals surface area contributed by atoms with Crippen molar-refractivity contribution >= 4 is 28.2 Å². The lowest BCUT2D eigenvalue weighted by atomic mass is 10.2. The Morgan fingerprint density at radius 3 is 2.81 bits per heavy atom. The largest absolute Gasteiger partial charge is 0.236 e. The number of aromatic nitrogens is 4. The number of para-hydroxylation sites is 1. The summed E-state index contributed by atoms with van der Waals surface area (Å²) in [5.74, 6) is 0.0198. The van der Waals surface area contributed by atoms with Crippen molar-refractivity contribution < 1.29 is 4.39 Å². The zero-order valence-corrected chi connectivity index (χ0v) is 11.4. The lowest BCUT2D eigenvalue weighted by Crippen LogP contribution is -1.90. The quantitative estimate of drug-likeness (QED) is 0.538. The molecule has 4 nitrogen and oxygen atoms in total. The van der Waals surface area contributed by atoms with Gasteiger partial charge in [-0.3, -0.25) is 0 Å². The minimum Gasteiger partial charge on any atom is -0.236 e. The average molecular weight is 299 g/mol. The Hall–Kier alpha value is -2.53. The van der Waals surface area contributed by atoms with Crippen LogP contribution in [0.5, 0.6) is 0 Å². The van der Waals surface area contributed by atoms with Crippen LogP contribution in [0.3, 0.4) is 0 Å². The van der Waals surface area contributed by atoms with Crippen molar-refractivity contribution in [2.45, 2.75) is 0 Å². The molecule has 0 N–H and O–H groups in total. The van der Waals surface area contributed by atoms with Gasteiger partial charge in [-0.2, -0.15) is 0 Å². The molecule has 0 bridgehead atoms. The molecule has 0 fully saturated rings. The molecule has 0 saturated heterocycles. The summed E-state index contributed by atoms with van der Waals surface area (Å²) in [6, 6.07) is 12.1. The molecule has 0 saturated carbocycles. The minimum absolute atomic E-state index is 0.0503.